The Morgan fingerprint density at radius 2 is 1.92 bits per heavy atom. The van der Waals surface area contributed by atoms with Crippen molar-refractivity contribution in [2.24, 2.45) is 0 Å². The van der Waals surface area contributed by atoms with Crippen molar-refractivity contribution in [3.05, 3.63) is 12.3 Å². The third-order valence-corrected chi connectivity index (χ3v) is 5.67. The smallest absolute Gasteiger partial charge is 0.129 e. The SMILES string of the molecule is C=C[SiH](C)NCCCC[Si](C)(C)C. The van der Waals surface area contributed by atoms with Gasteiger partial charge in [-0.3, -0.25) is 0 Å². The van der Waals surface area contributed by atoms with Crippen LogP contribution in [0.1, 0.15) is 12.8 Å². The molecule has 0 aliphatic heterocycles. The van der Waals surface area contributed by atoms with Gasteiger partial charge in [-0.2, -0.15) is 0 Å². The quantitative estimate of drug-likeness (QED) is 0.509. The van der Waals surface area contributed by atoms with Gasteiger partial charge in [0.25, 0.3) is 0 Å². The molecule has 0 rings (SSSR count). The second kappa shape index (κ2) is 6.57. The van der Waals surface area contributed by atoms with E-state index in [2.05, 4.69) is 43.4 Å². The molecule has 0 spiro atoms. The Kier molecular flexibility index (Phi) is 6.63. The van der Waals surface area contributed by atoms with E-state index in [0.29, 0.717) is 0 Å². The summed E-state index contributed by atoms with van der Waals surface area (Å²) in [4.78, 5) is 3.55. The van der Waals surface area contributed by atoms with E-state index in [9.17, 15) is 0 Å². The van der Waals surface area contributed by atoms with E-state index in [-0.39, 0.29) is 0 Å². The van der Waals surface area contributed by atoms with E-state index in [1.165, 1.54) is 25.4 Å². The molecule has 0 saturated heterocycles. The van der Waals surface area contributed by atoms with E-state index < -0.39 is 17.0 Å². The highest BCUT2D eigenvalue weighted by molar-refractivity contribution is 6.76. The molecule has 0 aliphatic rings. The minimum atomic E-state index is -0.779. The fourth-order valence-electron chi connectivity index (χ4n) is 1.19. The molecule has 3 heteroatoms. The zero-order valence-corrected chi connectivity index (χ0v) is 11.8. The maximum Gasteiger partial charge on any atom is 0.129 e. The summed E-state index contributed by atoms with van der Waals surface area (Å²) in [5, 5.41) is 0. The van der Waals surface area contributed by atoms with Crippen molar-refractivity contribution in [3.63, 3.8) is 0 Å². The van der Waals surface area contributed by atoms with Crippen molar-refractivity contribution < 1.29 is 0 Å². The summed E-state index contributed by atoms with van der Waals surface area (Å²) in [6.07, 6.45) is 2.75. The summed E-state index contributed by atoms with van der Waals surface area (Å²) in [6, 6.07) is 1.47. The zero-order chi connectivity index (χ0) is 10.3. The van der Waals surface area contributed by atoms with Crippen LogP contribution in [0.4, 0.5) is 0 Å². The van der Waals surface area contributed by atoms with Gasteiger partial charge in [-0.05, 0) is 13.0 Å². The lowest BCUT2D eigenvalue weighted by atomic mass is 10.3. The van der Waals surface area contributed by atoms with Gasteiger partial charge in [0, 0.05) is 8.07 Å². The van der Waals surface area contributed by atoms with Crippen LogP contribution < -0.4 is 4.98 Å². The topological polar surface area (TPSA) is 12.0 Å². The summed E-state index contributed by atoms with van der Waals surface area (Å²) in [5.74, 6) is 0. The van der Waals surface area contributed by atoms with Gasteiger partial charge in [-0.25, -0.2) is 0 Å². The van der Waals surface area contributed by atoms with Crippen molar-refractivity contribution in [1.29, 1.82) is 0 Å². The van der Waals surface area contributed by atoms with Crippen LogP contribution in [0, 0.1) is 0 Å². The lowest BCUT2D eigenvalue weighted by Gasteiger charge is -2.15. The first kappa shape index (κ1) is 13.1. The third kappa shape index (κ3) is 10.1. The molecule has 0 aromatic rings. The number of nitrogens with one attached hydrogen (secondary N) is 1. The highest BCUT2D eigenvalue weighted by Gasteiger charge is 2.11. The fourth-order valence-corrected chi connectivity index (χ4v) is 3.33. The minimum absolute atomic E-state index is 0.741. The predicted molar refractivity (Wildman–Crippen MR) is 68.6 cm³/mol. The van der Waals surface area contributed by atoms with Crippen LogP contribution >= 0.6 is 0 Å². The molecule has 1 N–H and O–H groups in total. The van der Waals surface area contributed by atoms with E-state index in [1.54, 1.807) is 0 Å². The molecule has 1 nitrogen and oxygen atoms in total. The Morgan fingerprint density at radius 1 is 1.31 bits per heavy atom. The van der Waals surface area contributed by atoms with Crippen LogP contribution in [0.25, 0.3) is 0 Å². The Bertz CT molecular complexity index is 140. The van der Waals surface area contributed by atoms with Crippen LogP contribution in [0.3, 0.4) is 0 Å². The Labute approximate surface area is 86.3 Å². The van der Waals surface area contributed by atoms with Crippen LogP contribution in [-0.4, -0.2) is 23.6 Å². The van der Waals surface area contributed by atoms with E-state index in [1.807, 2.05) is 0 Å². The summed E-state index contributed by atoms with van der Waals surface area (Å²) < 4.78 is 0. The standard InChI is InChI=1S/C10H25NSi2/c1-6-12(2)11-9-7-8-10-13(3,4)5/h6,11-12H,1,7-10H2,2-5H3. The van der Waals surface area contributed by atoms with Crippen molar-refractivity contribution >= 4 is 17.0 Å². The van der Waals surface area contributed by atoms with E-state index in [0.717, 1.165) is 0 Å². The first-order chi connectivity index (χ1) is 5.95. The molecule has 0 amide bonds. The summed E-state index contributed by atoms with van der Waals surface area (Å²) in [5.41, 5.74) is 2.10. The maximum absolute atomic E-state index is 3.80. The van der Waals surface area contributed by atoms with Gasteiger partial charge in [0.15, 0.2) is 0 Å². The molecule has 0 aromatic carbocycles. The number of rotatable bonds is 7. The van der Waals surface area contributed by atoms with Gasteiger partial charge in [-0.1, -0.05) is 44.4 Å². The average Bonchev–Trinajstić information content (AvgIpc) is 2.01. The largest absolute Gasteiger partial charge is 0.337 e. The molecule has 0 radical (unpaired) electrons. The molecular weight excluding hydrogens is 190 g/mol. The number of hydrogen-bond donors (Lipinski definition) is 1. The Balaban J connectivity index is 3.22. The lowest BCUT2D eigenvalue weighted by molar-refractivity contribution is 0.756. The predicted octanol–water partition coefficient (Wildman–Crippen LogP) is 2.77. The second-order valence-electron chi connectivity index (χ2n) is 5.00. The highest BCUT2D eigenvalue weighted by Crippen LogP contribution is 2.11. The molecule has 78 valence electrons. The molecule has 0 bridgehead atoms. The average molecular weight is 215 g/mol. The van der Waals surface area contributed by atoms with Crippen molar-refractivity contribution in [2.45, 2.75) is 45.1 Å². The van der Waals surface area contributed by atoms with Crippen LogP contribution in [0.15, 0.2) is 12.3 Å². The summed E-state index contributed by atoms with van der Waals surface area (Å²) in [6.45, 7) is 14.6. The Hall–Kier alpha value is 0.134. The van der Waals surface area contributed by atoms with Gasteiger partial charge in [0.05, 0.1) is 0 Å². The van der Waals surface area contributed by atoms with Crippen LogP contribution in [0.2, 0.25) is 32.2 Å². The van der Waals surface area contributed by atoms with Gasteiger partial charge < -0.3 is 4.98 Å². The second-order valence-corrected chi connectivity index (χ2v) is 13.1. The van der Waals surface area contributed by atoms with Crippen molar-refractivity contribution in [3.8, 4) is 0 Å². The normalized spacial score (nSPS) is 14.2. The van der Waals surface area contributed by atoms with E-state index in [4.69, 9.17) is 0 Å². The van der Waals surface area contributed by atoms with Gasteiger partial charge in [-0.15, -0.1) is 6.58 Å². The number of hydrogen-bond acceptors (Lipinski definition) is 1. The summed E-state index contributed by atoms with van der Waals surface area (Å²) in [7, 11) is -1.52. The zero-order valence-electron chi connectivity index (χ0n) is 9.69. The lowest BCUT2D eigenvalue weighted by Crippen LogP contribution is -2.29. The molecule has 13 heavy (non-hydrogen) atoms. The number of unbranched alkanes of at least 4 members (excludes halogenated alkanes) is 1. The van der Waals surface area contributed by atoms with Gasteiger partial charge in [0.1, 0.15) is 8.96 Å². The van der Waals surface area contributed by atoms with Gasteiger partial charge in [0.2, 0.25) is 0 Å². The first-order valence-electron chi connectivity index (χ1n) is 5.31. The highest BCUT2D eigenvalue weighted by atomic mass is 28.3. The molecule has 0 saturated carbocycles. The molecule has 0 fully saturated rings. The minimum Gasteiger partial charge on any atom is -0.337 e. The van der Waals surface area contributed by atoms with Crippen molar-refractivity contribution in [2.75, 3.05) is 6.54 Å². The van der Waals surface area contributed by atoms with E-state index >= 15 is 0 Å². The molecular formula is C10H25NSi2. The summed E-state index contributed by atoms with van der Waals surface area (Å²) >= 11 is 0. The fraction of sp³-hybridized carbons (Fsp3) is 0.800. The molecule has 1 atom stereocenters. The maximum atomic E-state index is 3.80. The van der Waals surface area contributed by atoms with Crippen LogP contribution in [0.5, 0.6) is 0 Å². The third-order valence-electron chi connectivity index (χ3n) is 2.17. The molecule has 0 heterocycles. The monoisotopic (exact) mass is 215 g/mol. The molecule has 0 aliphatic carbocycles. The Morgan fingerprint density at radius 3 is 2.38 bits per heavy atom. The van der Waals surface area contributed by atoms with Crippen molar-refractivity contribution in [1.82, 2.24) is 4.98 Å². The molecule has 1 unspecified atom stereocenters. The molecule has 0 aromatic heterocycles. The van der Waals surface area contributed by atoms with Crippen LogP contribution in [-0.2, 0) is 0 Å². The first-order valence-corrected chi connectivity index (χ1v) is 11.4. The van der Waals surface area contributed by atoms with Gasteiger partial charge >= 0.3 is 0 Å².